The van der Waals surface area contributed by atoms with Crippen LogP contribution in [-0.2, 0) is 6.42 Å². The largest absolute Gasteiger partial charge is 0.373 e. The number of fused-ring (bicyclic) bond motifs is 1. The lowest BCUT2D eigenvalue weighted by Gasteiger charge is -2.35. The van der Waals surface area contributed by atoms with Crippen LogP contribution in [0.3, 0.4) is 0 Å². The molecular formula is C20H19FN2O. The smallest absolute Gasteiger partial charge is 0.191 e. The van der Waals surface area contributed by atoms with Gasteiger partial charge in [0.05, 0.1) is 0 Å². The highest BCUT2D eigenvalue weighted by Crippen LogP contribution is 2.27. The van der Waals surface area contributed by atoms with E-state index in [1.54, 1.807) is 6.07 Å². The number of rotatable bonds is 2. The molecule has 1 aliphatic carbocycles. The maximum atomic E-state index is 13.3. The molecule has 0 aromatic heterocycles. The monoisotopic (exact) mass is 322 g/mol. The quantitative estimate of drug-likeness (QED) is 0.793. The summed E-state index contributed by atoms with van der Waals surface area (Å²) in [5, 5.41) is 0. The molecule has 0 unspecified atom stereocenters. The molecule has 2 aliphatic rings. The lowest BCUT2D eigenvalue weighted by atomic mass is 10.1. The van der Waals surface area contributed by atoms with Crippen LogP contribution in [-0.4, -0.2) is 36.9 Å². The third kappa shape index (κ3) is 2.80. The Labute approximate surface area is 141 Å². The average Bonchev–Trinajstić information content (AvgIpc) is 2.92. The first-order valence-corrected chi connectivity index (χ1v) is 8.28. The molecule has 1 heterocycles. The molecule has 4 heteroatoms. The molecule has 1 aliphatic heterocycles. The second-order valence-corrected chi connectivity index (χ2v) is 6.32. The molecule has 0 bridgehead atoms. The lowest BCUT2D eigenvalue weighted by molar-refractivity contribution is 0.103. The zero-order valence-electron chi connectivity index (χ0n) is 13.4. The Morgan fingerprint density at radius 1 is 0.958 bits per heavy atom. The van der Waals surface area contributed by atoms with Gasteiger partial charge in [0, 0.05) is 55.6 Å². The number of halogens is 1. The van der Waals surface area contributed by atoms with Crippen LogP contribution < -0.4 is 4.90 Å². The predicted octanol–water partition coefficient (Wildman–Crippen LogP) is 3.27. The summed E-state index contributed by atoms with van der Waals surface area (Å²) in [5.74, 6) is -0.380. The number of para-hydroxylation sites is 1. The minimum Gasteiger partial charge on any atom is -0.373 e. The minimum absolute atomic E-state index is 0.0324. The number of allylic oxidation sites excluding steroid dienone is 1. The van der Waals surface area contributed by atoms with Gasteiger partial charge in [-0.05, 0) is 29.8 Å². The van der Waals surface area contributed by atoms with E-state index in [2.05, 4.69) is 34.1 Å². The molecule has 0 N–H and O–H groups in total. The maximum Gasteiger partial charge on any atom is 0.191 e. The fraction of sp³-hybridized carbons (Fsp3) is 0.250. The van der Waals surface area contributed by atoms with Crippen LogP contribution in [0.1, 0.15) is 15.9 Å². The number of carbonyl (C=O) groups excluding carboxylic acids is 1. The zero-order chi connectivity index (χ0) is 16.5. The summed E-state index contributed by atoms with van der Waals surface area (Å²) in [6.07, 6.45) is 2.58. The van der Waals surface area contributed by atoms with E-state index in [4.69, 9.17) is 0 Å². The van der Waals surface area contributed by atoms with Crippen LogP contribution in [0.2, 0.25) is 0 Å². The van der Waals surface area contributed by atoms with Crippen molar-refractivity contribution in [3.8, 4) is 0 Å². The van der Waals surface area contributed by atoms with Crippen LogP contribution in [0.15, 0.2) is 60.3 Å². The molecule has 122 valence electrons. The van der Waals surface area contributed by atoms with Crippen LogP contribution >= 0.6 is 0 Å². The van der Waals surface area contributed by atoms with Crippen molar-refractivity contribution in [2.24, 2.45) is 0 Å². The van der Waals surface area contributed by atoms with Crippen molar-refractivity contribution >= 4 is 11.5 Å². The van der Waals surface area contributed by atoms with Gasteiger partial charge >= 0.3 is 0 Å². The summed E-state index contributed by atoms with van der Waals surface area (Å²) in [6.45, 7) is 3.64. The second-order valence-electron chi connectivity index (χ2n) is 6.32. The Balaban J connectivity index is 1.44. The van der Waals surface area contributed by atoms with Crippen molar-refractivity contribution in [3.05, 3.63) is 77.2 Å². The standard InChI is InChI=1S/C20H19FN2O/c21-17-7-6-15-12-16(20(24)19(15)13-17)14-22-8-10-23(11-9-22)18-4-2-1-3-5-18/h1-7,13-14H,8-12H2/b16-14+. The summed E-state index contributed by atoms with van der Waals surface area (Å²) in [7, 11) is 0. The van der Waals surface area contributed by atoms with Crippen LogP contribution in [0.4, 0.5) is 10.1 Å². The van der Waals surface area contributed by atoms with Gasteiger partial charge < -0.3 is 9.80 Å². The molecule has 0 atom stereocenters. The Morgan fingerprint density at radius 3 is 2.46 bits per heavy atom. The maximum absolute atomic E-state index is 13.3. The molecule has 3 nitrogen and oxygen atoms in total. The first-order valence-electron chi connectivity index (χ1n) is 8.28. The van der Waals surface area contributed by atoms with Gasteiger partial charge in [0.25, 0.3) is 0 Å². The number of piperazine rings is 1. The Kier molecular flexibility index (Phi) is 3.81. The highest BCUT2D eigenvalue weighted by Gasteiger charge is 2.26. The van der Waals surface area contributed by atoms with E-state index in [0.29, 0.717) is 12.0 Å². The van der Waals surface area contributed by atoms with Crippen LogP contribution in [0.25, 0.3) is 0 Å². The number of nitrogens with zero attached hydrogens (tertiary/aromatic N) is 2. The molecule has 24 heavy (non-hydrogen) atoms. The number of benzene rings is 2. The SMILES string of the molecule is O=C1/C(=C/N2CCN(c3ccccc3)CC2)Cc2ccc(F)cc21. The van der Waals surface area contributed by atoms with E-state index in [1.807, 2.05) is 12.3 Å². The summed E-state index contributed by atoms with van der Waals surface area (Å²) in [4.78, 5) is 17.0. The molecule has 4 rings (SSSR count). The molecule has 1 fully saturated rings. The first kappa shape index (κ1) is 14.9. The van der Waals surface area contributed by atoms with Crippen LogP contribution in [0.5, 0.6) is 0 Å². The summed E-state index contributed by atoms with van der Waals surface area (Å²) in [6, 6.07) is 14.9. The van der Waals surface area contributed by atoms with E-state index in [0.717, 1.165) is 37.3 Å². The van der Waals surface area contributed by atoms with E-state index in [1.165, 1.54) is 17.8 Å². The number of anilines is 1. The fourth-order valence-corrected chi connectivity index (χ4v) is 3.45. The number of ketones is 1. The van der Waals surface area contributed by atoms with Crippen LogP contribution in [0, 0.1) is 5.82 Å². The minimum atomic E-state index is -0.347. The van der Waals surface area contributed by atoms with Crippen molar-refractivity contribution < 1.29 is 9.18 Å². The molecule has 0 saturated carbocycles. The molecule has 2 aromatic rings. The lowest BCUT2D eigenvalue weighted by Crippen LogP contribution is -2.44. The van der Waals surface area contributed by atoms with Crippen molar-refractivity contribution in [2.45, 2.75) is 6.42 Å². The topological polar surface area (TPSA) is 23.6 Å². The first-order chi connectivity index (χ1) is 11.7. The van der Waals surface area contributed by atoms with Gasteiger partial charge in [-0.1, -0.05) is 24.3 Å². The Morgan fingerprint density at radius 2 is 1.71 bits per heavy atom. The molecule has 0 spiro atoms. The van der Waals surface area contributed by atoms with E-state index in [-0.39, 0.29) is 11.6 Å². The van der Waals surface area contributed by atoms with E-state index < -0.39 is 0 Å². The van der Waals surface area contributed by atoms with E-state index in [9.17, 15) is 9.18 Å². The summed E-state index contributed by atoms with van der Waals surface area (Å²) >= 11 is 0. The third-order valence-corrected chi connectivity index (χ3v) is 4.76. The van der Waals surface area contributed by atoms with Crippen molar-refractivity contribution in [3.63, 3.8) is 0 Å². The van der Waals surface area contributed by atoms with Gasteiger partial charge in [0.15, 0.2) is 5.78 Å². The van der Waals surface area contributed by atoms with E-state index >= 15 is 0 Å². The van der Waals surface area contributed by atoms with Gasteiger partial charge in [0.1, 0.15) is 5.82 Å². The molecule has 0 amide bonds. The number of hydrogen-bond acceptors (Lipinski definition) is 3. The van der Waals surface area contributed by atoms with Gasteiger partial charge in [0.2, 0.25) is 0 Å². The number of Topliss-reactive ketones (excluding diaryl/α,β-unsaturated/α-hetero) is 1. The van der Waals surface area contributed by atoms with Gasteiger partial charge in [-0.3, -0.25) is 4.79 Å². The molecule has 0 radical (unpaired) electrons. The summed E-state index contributed by atoms with van der Waals surface area (Å²) < 4.78 is 13.3. The predicted molar refractivity (Wildman–Crippen MR) is 92.7 cm³/mol. The summed E-state index contributed by atoms with van der Waals surface area (Å²) in [5.41, 5.74) is 3.45. The number of carbonyl (C=O) groups is 1. The average molecular weight is 322 g/mol. The van der Waals surface area contributed by atoms with Crippen molar-refractivity contribution in [2.75, 3.05) is 31.1 Å². The molecular weight excluding hydrogens is 303 g/mol. The normalized spacial score (nSPS) is 19.0. The molecule has 2 aromatic carbocycles. The highest BCUT2D eigenvalue weighted by atomic mass is 19.1. The Bertz CT molecular complexity index is 793. The van der Waals surface area contributed by atoms with Gasteiger partial charge in [-0.25, -0.2) is 4.39 Å². The van der Waals surface area contributed by atoms with Gasteiger partial charge in [-0.15, -0.1) is 0 Å². The second kappa shape index (κ2) is 6.11. The van der Waals surface area contributed by atoms with Crippen molar-refractivity contribution in [1.82, 2.24) is 4.90 Å². The van der Waals surface area contributed by atoms with Crippen molar-refractivity contribution in [1.29, 1.82) is 0 Å². The van der Waals surface area contributed by atoms with Gasteiger partial charge in [-0.2, -0.15) is 0 Å². The third-order valence-electron chi connectivity index (χ3n) is 4.76. The zero-order valence-corrected chi connectivity index (χ0v) is 13.4. The molecule has 1 saturated heterocycles. The highest BCUT2D eigenvalue weighted by molar-refractivity contribution is 6.13. The number of hydrogen-bond donors (Lipinski definition) is 0. The fourth-order valence-electron chi connectivity index (χ4n) is 3.45. The Hall–Kier alpha value is -2.62.